The van der Waals surface area contributed by atoms with Crippen molar-refractivity contribution in [1.29, 1.82) is 0 Å². The van der Waals surface area contributed by atoms with Gasteiger partial charge in [-0.3, -0.25) is 4.79 Å². The number of para-hydroxylation sites is 1. The minimum absolute atomic E-state index is 0.228. The maximum Gasteiger partial charge on any atom is 0.221 e. The van der Waals surface area contributed by atoms with Gasteiger partial charge >= 0.3 is 0 Å². The zero-order chi connectivity index (χ0) is 19.4. The topological polar surface area (TPSA) is 90.1 Å². The van der Waals surface area contributed by atoms with Crippen molar-refractivity contribution >= 4 is 17.4 Å². The third-order valence-corrected chi connectivity index (χ3v) is 4.48. The predicted octanol–water partition coefficient (Wildman–Crippen LogP) is 3.54. The molecule has 0 fully saturated rings. The molecule has 2 aromatic carbocycles. The van der Waals surface area contributed by atoms with Crippen LogP contribution in [0.25, 0.3) is 11.3 Å². The fourth-order valence-electron chi connectivity index (χ4n) is 2.86. The van der Waals surface area contributed by atoms with Crippen LogP contribution in [-0.4, -0.2) is 23.2 Å². The SMILES string of the molecule is COc1ccccc1-c1nnc(Nc2ccc(CC(N)=O)cc2)c(C)c1C. The smallest absolute Gasteiger partial charge is 0.221 e. The van der Waals surface area contributed by atoms with Gasteiger partial charge in [-0.25, -0.2) is 0 Å². The van der Waals surface area contributed by atoms with Crippen LogP contribution in [0.4, 0.5) is 11.5 Å². The normalized spacial score (nSPS) is 10.5. The van der Waals surface area contributed by atoms with Crippen LogP contribution in [-0.2, 0) is 11.2 Å². The molecule has 1 amide bonds. The Morgan fingerprint density at radius 1 is 1.04 bits per heavy atom. The van der Waals surface area contributed by atoms with Gasteiger partial charge in [0.2, 0.25) is 5.91 Å². The highest BCUT2D eigenvalue weighted by Crippen LogP contribution is 2.33. The summed E-state index contributed by atoms with van der Waals surface area (Å²) in [5.74, 6) is 1.11. The van der Waals surface area contributed by atoms with Crippen molar-refractivity contribution in [2.24, 2.45) is 5.73 Å². The van der Waals surface area contributed by atoms with Gasteiger partial charge in [0, 0.05) is 11.3 Å². The first-order valence-corrected chi connectivity index (χ1v) is 8.61. The number of hydrogen-bond acceptors (Lipinski definition) is 5. The number of rotatable bonds is 6. The van der Waals surface area contributed by atoms with Crippen molar-refractivity contribution in [1.82, 2.24) is 10.2 Å². The summed E-state index contributed by atoms with van der Waals surface area (Å²) in [5, 5.41) is 12.1. The van der Waals surface area contributed by atoms with Gasteiger partial charge in [0.05, 0.1) is 19.2 Å². The molecule has 1 heterocycles. The first-order chi connectivity index (χ1) is 13.0. The van der Waals surface area contributed by atoms with Gasteiger partial charge in [0.1, 0.15) is 5.75 Å². The lowest BCUT2D eigenvalue weighted by Gasteiger charge is -2.14. The molecule has 0 bridgehead atoms. The highest BCUT2D eigenvalue weighted by Gasteiger charge is 2.14. The summed E-state index contributed by atoms with van der Waals surface area (Å²) in [5.41, 5.74) is 10.7. The second kappa shape index (κ2) is 7.86. The lowest BCUT2D eigenvalue weighted by molar-refractivity contribution is -0.117. The summed E-state index contributed by atoms with van der Waals surface area (Å²) in [6.07, 6.45) is 0.228. The predicted molar refractivity (Wildman–Crippen MR) is 106 cm³/mol. The quantitative estimate of drug-likeness (QED) is 0.700. The number of primary amides is 1. The van der Waals surface area contributed by atoms with Crippen LogP contribution in [0.3, 0.4) is 0 Å². The largest absolute Gasteiger partial charge is 0.496 e. The molecule has 0 atom stereocenters. The molecule has 0 unspecified atom stereocenters. The minimum atomic E-state index is -0.347. The molecule has 1 aromatic heterocycles. The maximum atomic E-state index is 11.0. The number of benzene rings is 2. The number of aromatic nitrogens is 2. The summed E-state index contributed by atoms with van der Waals surface area (Å²) in [7, 11) is 1.65. The Hall–Kier alpha value is -3.41. The van der Waals surface area contributed by atoms with Gasteiger partial charge in [-0.2, -0.15) is 0 Å². The van der Waals surface area contributed by atoms with Gasteiger partial charge < -0.3 is 15.8 Å². The number of hydrogen-bond donors (Lipinski definition) is 2. The monoisotopic (exact) mass is 362 g/mol. The first-order valence-electron chi connectivity index (χ1n) is 8.61. The van der Waals surface area contributed by atoms with Crippen molar-refractivity contribution in [2.75, 3.05) is 12.4 Å². The van der Waals surface area contributed by atoms with E-state index in [4.69, 9.17) is 10.5 Å². The fourth-order valence-corrected chi connectivity index (χ4v) is 2.86. The molecule has 3 aromatic rings. The molecule has 3 rings (SSSR count). The van der Waals surface area contributed by atoms with E-state index in [2.05, 4.69) is 15.5 Å². The van der Waals surface area contributed by atoms with Crippen LogP contribution < -0.4 is 15.8 Å². The van der Waals surface area contributed by atoms with Gasteiger partial charge in [0.15, 0.2) is 5.82 Å². The first kappa shape index (κ1) is 18.4. The molecule has 0 spiro atoms. The van der Waals surface area contributed by atoms with Crippen molar-refractivity contribution in [3.63, 3.8) is 0 Å². The molecule has 138 valence electrons. The van der Waals surface area contributed by atoms with Crippen molar-refractivity contribution in [2.45, 2.75) is 20.3 Å². The van der Waals surface area contributed by atoms with E-state index < -0.39 is 0 Å². The van der Waals surface area contributed by atoms with E-state index in [0.29, 0.717) is 5.82 Å². The summed E-state index contributed by atoms with van der Waals surface area (Å²) in [6, 6.07) is 15.3. The van der Waals surface area contributed by atoms with Crippen LogP contribution >= 0.6 is 0 Å². The van der Waals surface area contributed by atoms with Crippen LogP contribution in [0.15, 0.2) is 48.5 Å². The highest BCUT2D eigenvalue weighted by molar-refractivity contribution is 5.77. The Bertz CT molecular complexity index is 968. The number of anilines is 2. The summed E-state index contributed by atoms with van der Waals surface area (Å²) >= 11 is 0. The van der Waals surface area contributed by atoms with E-state index >= 15 is 0 Å². The van der Waals surface area contributed by atoms with E-state index in [1.165, 1.54) is 0 Å². The number of nitrogens with one attached hydrogen (secondary N) is 1. The molecule has 0 aliphatic heterocycles. The molecule has 6 nitrogen and oxygen atoms in total. The summed E-state index contributed by atoms with van der Waals surface area (Å²) in [4.78, 5) is 11.0. The van der Waals surface area contributed by atoms with Crippen LogP contribution in [0.2, 0.25) is 0 Å². The molecular formula is C21H22N4O2. The third-order valence-electron chi connectivity index (χ3n) is 4.48. The Balaban J connectivity index is 1.88. The van der Waals surface area contributed by atoms with E-state index in [9.17, 15) is 4.79 Å². The average Bonchev–Trinajstić information content (AvgIpc) is 2.67. The molecule has 3 N–H and O–H groups in total. The number of carbonyl (C=O) groups excluding carboxylic acids is 1. The molecule has 0 saturated carbocycles. The molecule has 6 heteroatoms. The zero-order valence-corrected chi connectivity index (χ0v) is 15.6. The average molecular weight is 362 g/mol. The van der Waals surface area contributed by atoms with Crippen LogP contribution in [0, 0.1) is 13.8 Å². The van der Waals surface area contributed by atoms with E-state index in [1.807, 2.05) is 62.4 Å². The van der Waals surface area contributed by atoms with Gasteiger partial charge in [-0.1, -0.05) is 24.3 Å². The molecular weight excluding hydrogens is 340 g/mol. The number of methoxy groups -OCH3 is 1. The Morgan fingerprint density at radius 3 is 2.41 bits per heavy atom. The molecule has 0 aliphatic rings. The minimum Gasteiger partial charge on any atom is -0.496 e. The maximum absolute atomic E-state index is 11.0. The molecule has 0 radical (unpaired) electrons. The molecule has 0 saturated heterocycles. The number of nitrogens with zero attached hydrogens (tertiary/aromatic N) is 2. The van der Waals surface area contributed by atoms with Crippen molar-refractivity contribution in [3.8, 4) is 17.0 Å². The van der Waals surface area contributed by atoms with Crippen LogP contribution in [0.1, 0.15) is 16.7 Å². The zero-order valence-electron chi connectivity index (χ0n) is 15.6. The van der Waals surface area contributed by atoms with Crippen LogP contribution in [0.5, 0.6) is 5.75 Å². The second-order valence-corrected chi connectivity index (χ2v) is 6.31. The van der Waals surface area contributed by atoms with Crippen molar-refractivity contribution < 1.29 is 9.53 Å². The number of amides is 1. The lowest BCUT2D eigenvalue weighted by Crippen LogP contribution is -2.13. The fraction of sp³-hybridized carbons (Fsp3) is 0.190. The van der Waals surface area contributed by atoms with E-state index in [1.54, 1.807) is 7.11 Å². The van der Waals surface area contributed by atoms with E-state index in [-0.39, 0.29) is 12.3 Å². The molecule has 27 heavy (non-hydrogen) atoms. The van der Waals surface area contributed by atoms with Crippen molar-refractivity contribution in [3.05, 3.63) is 65.2 Å². The van der Waals surface area contributed by atoms with Gasteiger partial charge in [-0.05, 0) is 54.8 Å². The number of ether oxygens (including phenoxy) is 1. The Morgan fingerprint density at radius 2 is 1.74 bits per heavy atom. The Kier molecular flexibility index (Phi) is 5.35. The molecule has 0 aliphatic carbocycles. The van der Waals surface area contributed by atoms with Gasteiger partial charge in [0.25, 0.3) is 0 Å². The summed E-state index contributed by atoms with van der Waals surface area (Å²) < 4.78 is 5.44. The second-order valence-electron chi connectivity index (χ2n) is 6.31. The van der Waals surface area contributed by atoms with E-state index in [0.717, 1.165) is 39.4 Å². The standard InChI is InChI=1S/C21H22N4O2/c1-13-14(2)21(23-16-10-8-15(9-11-16)12-19(22)26)25-24-20(13)17-6-4-5-7-18(17)27-3/h4-11H,12H2,1-3H3,(H2,22,26)(H,23,25). The highest BCUT2D eigenvalue weighted by atomic mass is 16.5. The lowest BCUT2D eigenvalue weighted by atomic mass is 10.0. The summed E-state index contributed by atoms with van der Waals surface area (Å²) in [6.45, 7) is 4.03. The van der Waals surface area contributed by atoms with Gasteiger partial charge in [-0.15, -0.1) is 10.2 Å². The Labute approximate surface area is 158 Å². The number of carbonyl (C=O) groups is 1. The number of nitrogens with two attached hydrogens (primary N) is 1. The third kappa shape index (κ3) is 4.06.